The maximum absolute atomic E-state index is 10.8. The number of nitrogens with zero attached hydrogens (tertiary/aromatic N) is 1. The van der Waals surface area contributed by atoms with Crippen LogP contribution in [0, 0.1) is 0 Å². The minimum absolute atomic E-state index is 0.139. The van der Waals surface area contributed by atoms with Crippen molar-refractivity contribution < 1.29 is 4.79 Å². The molecule has 0 aliphatic heterocycles. The van der Waals surface area contributed by atoms with Crippen molar-refractivity contribution in [2.75, 3.05) is 13.1 Å². The van der Waals surface area contributed by atoms with Gasteiger partial charge in [-0.1, -0.05) is 12.2 Å². The summed E-state index contributed by atoms with van der Waals surface area (Å²) in [5, 5.41) is 0. The minimum Gasteiger partial charge on any atom is -0.340 e. The van der Waals surface area contributed by atoms with E-state index < -0.39 is 0 Å². The number of carbonyl (C=O) groups excluding carboxylic acids is 1. The molecular formula is C8H15NO. The van der Waals surface area contributed by atoms with E-state index in [9.17, 15) is 4.79 Å². The van der Waals surface area contributed by atoms with Gasteiger partial charge in [0.2, 0.25) is 5.91 Å². The first-order valence-electron chi connectivity index (χ1n) is 3.59. The maximum Gasteiger partial charge on any atom is 0.219 e. The average Bonchev–Trinajstić information content (AvgIpc) is 1.89. The summed E-state index contributed by atoms with van der Waals surface area (Å²) in [6.07, 6.45) is 3.93. The van der Waals surface area contributed by atoms with Crippen LogP contribution in [0.1, 0.15) is 20.8 Å². The molecule has 0 aromatic rings. The normalized spacial score (nSPS) is 10.3. The Bertz CT molecular complexity index is 129. The lowest BCUT2D eigenvalue weighted by molar-refractivity contribution is -0.128. The molecule has 0 N–H and O–H groups in total. The molecule has 0 aliphatic rings. The standard InChI is InChI=1S/C8H15NO/c1-4-6-7-9(5-2)8(3)10/h4,6H,5,7H2,1-3H3. The van der Waals surface area contributed by atoms with Gasteiger partial charge in [0.05, 0.1) is 0 Å². The Morgan fingerprint density at radius 3 is 2.50 bits per heavy atom. The molecule has 58 valence electrons. The molecule has 0 rings (SSSR count). The third-order valence-corrected chi connectivity index (χ3v) is 1.39. The van der Waals surface area contributed by atoms with Gasteiger partial charge in [-0.05, 0) is 13.8 Å². The lowest BCUT2D eigenvalue weighted by atomic mass is 10.4. The number of rotatable bonds is 3. The number of amides is 1. The molecule has 0 spiro atoms. The average molecular weight is 141 g/mol. The molecule has 10 heavy (non-hydrogen) atoms. The van der Waals surface area contributed by atoms with Gasteiger partial charge in [0.1, 0.15) is 0 Å². The third kappa shape index (κ3) is 3.28. The van der Waals surface area contributed by atoms with Crippen LogP contribution in [0.4, 0.5) is 0 Å². The summed E-state index contributed by atoms with van der Waals surface area (Å²) in [6.45, 7) is 7.05. The first-order valence-corrected chi connectivity index (χ1v) is 3.59. The molecule has 1 amide bonds. The van der Waals surface area contributed by atoms with Crippen LogP contribution < -0.4 is 0 Å². The number of likely N-dealkylation sites (N-methyl/N-ethyl adjacent to an activating group) is 1. The zero-order valence-electron chi connectivity index (χ0n) is 6.92. The van der Waals surface area contributed by atoms with E-state index in [4.69, 9.17) is 0 Å². The minimum atomic E-state index is 0.139. The first kappa shape index (κ1) is 9.21. The summed E-state index contributed by atoms with van der Waals surface area (Å²) < 4.78 is 0. The fourth-order valence-corrected chi connectivity index (χ4v) is 0.713. The Balaban J connectivity index is 3.71. The molecular weight excluding hydrogens is 126 g/mol. The van der Waals surface area contributed by atoms with Crippen LogP contribution in [0.2, 0.25) is 0 Å². The van der Waals surface area contributed by atoms with Crippen LogP contribution in [-0.4, -0.2) is 23.9 Å². The van der Waals surface area contributed by atoms with Crippen molar-refractivity contribution in [2.24, 2.45) is 0 Å². The quantitative estimate of drug-likeness (QED) is 0.544. The van der Waals surface area contributed by atoms with E-state index in [-0.39, 0.29) is 5.91 Å². The zero-order chi connectivity index (χ0) is 7.98. The van der Waals surface area contributed by atoms with E-state index in [1.54, 1.807) is 11.8 Å². The van der Waals surface area contributed by atoms with Crippen molar-refractivity contribution in [3.63, 3.8) is 0 Å². The van der Waals surface area contributed by atoms with Gasteiger partial charge in [-0.2, -0.15) is 0 Å². The highest BCUT2D eigenvalue weighted by molar-refractivity contribution is 5.73. The highest BCUT2D eigenvalue weighted by Crippen LogP contribution is 1.88. The Morgan fingerprint density at radius 1 is 1.60 bits per heavy atom. The van der Waals surface area contributed by atoms with E-state index in [2.05, 4.69) is 0 Å². The number of carbonyl (C=O) groups is 1. The fraction of sp³-hybridized carbons (Fsp3) is 0.625. The highest BCUT2D eigenvalue weighted by atomic mass is 16.2. The molecule has 0 unspecified atom stereocenters. The SMILES string of the molecule is CC=CCN(CC)C(C)=O. The molecule has 0 saturated carbocycles. The first-order chi connectivity index (χ1) is 4.72. The largest absolute Gasteiger partial charge is 0.340 e. The fourth-order valence-electron chi connectivity index (χ4n) is 0.713. The van der Waals surface area contributed by atoms with Gasteiger partial charge in [-0.3, -0.25) is 4.79 Å². The second kappa shape index (κ2) is 5.03. The second-order valence-electron chi connectivity index (χ2n) is 2.13. The lowest BCUT2D eigenvalue weighted by Gasteiger charge is -2.15. The molecule has 0 aromatic carbocycles. The molecule has 0 saturated heterocycles. The van der Waals surface area contributed by atoms with Crippen LogP contribution in [0.15, 0.2) is 12.2 Å². The smallest absolute Gasteiger partial charge is 0.219 e. The molecule has 2 nitrogen and oxygen atoms in total. The van der Waals surface area contributed by atoms with Gasteiger partial charge in [0.25, 0.3) is 0 Å². The molecule has 0 bridgehead atoms. The molecule has 0 atom stereocenters. The van der Waals surface area contributed by atoms with Crippen molar-refractivity contribution in [1.29, 1.82) is 0 Å². The summed E-state index contributed by atoms with van der Waals surface area (Å²) >= 11 is 0. The van der Waals surface area contributed by atoms with Gasteiger partial charge in [0, 0.05) is 20.0 Å². The van der Waals surface area contributed by atoms with Crippen molar-refractivity contribution in [1.82, 2.24) is 4.90 Å². The summed E-state index contributed by atoms with van der Waals surface area (Å²) in [6, 6.07) is 0. The number of hydrogen-bond acceptors (Lipinski definition) is 1. The molecule has 0 fully saturated rings. The van der Waals surface area contributed by atoms with Crippen molar-refractivity contribution in [3.05, 3.63) is 12.2 Å². The van der Waals surface area contributed by atoms with Crippen molar-refractivity contribution in [3.8, 4) is 0 Å². The predicted molar refractivity (Wildman–Crippen MR) is 42.7 cm³/mol. The van der Waals surface area contributed by atoms with Crippen LogP contribution in [0.25, 0.3) is 0 Å². The van der Waals surface area contributed by atoms with Gasteiger partial charge in [0.15, 0.2) is 0 Å². The Labute approximate surface area is 62.5 Å². The van der Waals surface area contributed by atoms with Gasteiger partial charge in [-0.25, -0.2) is 0 Å². The Kier molecular flexibility index (Phi) is 4.63. The van der Waals surface area contributed by atoms with Gasteiger partial charge >= 0.3 is 0 Å². The predicted octanol–water partition coefficient (Wildman–Crippen LogP) is 1.43. The Morgan fingerprint density at radius 2 is 2.20 bits per heavy atom. The number of hydrogen-bond donors (Lipinski definition) is 0. The van der Waals surface area contributed by atoms with E-state index in [1.807, 2.05) is 26.0 Å². The summed E-state index contributed by atoms with van der Waals surface area (Å²) in [4.78, 5) is 12.6. The van der Waals surface area contributed by atoms with E-state index in [1.165, 1.54) is 0 Å². The monoisotopic (exact) mass is 141 g/mol. The van der Waals surface area contributed by atoms with Crippen molar-refractivity contribution >= 4 is 5.91 Å². The topological polar surface area (TPSA) is 20.3 Å². The van der Waals surface area contributed by atoms with Gasteiger partial charge < -0.3 is 4.90 Å². The molecule has 2 heteroatoms. The summed E-state index contributed by atoms with van der Waals surface area (Å²) in [5.41, 5.74) is 0. The molecule has 0 heterocycles. The van der Waals surface area contributed by atoms with Crippen LogP contribution >= 0.6 is 0 Å². The lowest BCUT2D eigenvalue weighted by Crippen LogP contribution is -2.28. The maximum atomic E-state index is 10.8. The summed E-state index contributed by atoms with van der Waals surface area (Å²) in [5.74, 6) is 0.139. The summed E-state index contributed by atoms with van der Waals surface area (Å²) in [7, 11) is 0. The van der Waals surface area contributed by atoms with Gasteiger partial charge in [-0.15, -0.1) is 0 Å². The Hall–Kier alpha value is -0.790. The highest BCUT2D eigenvalue weighted by Gasteiger charge is 2.00. The zero-order valence-corrected chi connectivity index (χ0v) is 6.92. The molecule has 0 aromatic heterocycles. The van der Waals surface area contributed by atoms with E-state index >= 15 is 0 Å². The van der Waals surface area contributed by atoms with E-state index in [0.717, 1.165) is 13.1 Å². The van der Waals surface area contributed by atoms with Crippen molar-refractivity contribution in [2.45, 2.75) is 20.8 Å². The van der Waals surface area contributed by atoms with E-state index in [0.29, 0.717) is 0 Å². The second-order valence-corrected chi connectivity index (χ2v) is 2.13. The van der Waals surface area contributed by atoms with Crippen LogP contribution in [-0.2, 0) is 4.79 Å². The number of allylic oxidation sites excluding steroid dienone is 1. The molecule has 0 radical (unpaired) electrons. The van der Waals surface area contributed by atoms with Crippen LogP contribution in [0.3, 0.4) is 0 Å². The van der Waals surface area contributed by atoms with Crippen LogP contribution in [0.5, 0.6) is 0 Å². The molecule has 0 aliphatic carbocycles. The third-order valence-electron chi connectivity index (χ3n) is 1.39.